The maximum Gasteiger partial charge on any atom is 0.209 e. The number of rotatable bonds is 3. The highest BCUT2D eigenvalue weighted by atomic mass is 32.1. The first-order valence-electron chi connectivity index (χ1n) is 3.56. The monoisotopic (exact) mass is 181 g/mol. The molecule has 1 rings (SSSR count). The van der Waals surface area contributed by atoms with Gasteiger partial charge in [0, 0.05) is 25.0 Å². The van der Waals surface area contributed by atoms with Gasteiger partial charge in [0.1, 0.15) is 0 Å². The van der Waals surface area contributed by atoms with Crippen LogP contribution in [-0.2, 0) is 0 Å². The third kappa shape index (κ3) is 1.74. The fourth-order valence-electron chi connectivity index (χ4n) is 0.763. The molecule has 0 radical (unpaired) electrons. The van der Waals surface area contributed by atoms with Crippen LogP contribution in [0.4, 0.5) is 0 Å². The van der Waals surface area contributed by atoms with Crippen molar-refractivity contribution in [1.82, 2.24) is 4.90 Å². The van der Waals surface area contributed by atoms with E-state index in [1.54, 1.807) is 4.90 Å². The highest BCUT2D eigenvalue weighted by molar-refractivity contribution is 7.08. The molecule has 0 saturated carbocycles. The number of allylic oxidation sites excluding steroid dienone is 1. The molecule has 0 amide bonds. The molecule has 0 aliphatic rings. The van der Waals surface area contributed by atoms with E-state index < -0.39 is 0 Å². The summed E-state index contributed by atoms with van der Waals surface area (Å²) in [7, 11) is 3.62. The van der Waals surface area contributed by atoms with E-state index in [9.17, 15) is 4.79 Å². The van der Waals surface area contributed by atoms with Crippen LogP contribution in [0.5, 0.6) is 0 Å². The van der Waals surface area contributed by atoms with Crippen LogP contribution in [0.25, 0.3) is 0 Å². The number of carbonyl (C=O) groups excluding carboxylic acids is 1. The second kappa shape index (κ2) is 3.54. The lowest BCUT2D eigenvalue weighted by Gasteiger charge is -2.12. The smallest absolute Gasteiger partial charge is 0.209 e. The van der Waals surface area contributed by atoms with Crippen molar-refractivity contribution in [2.24, 2.45) is 0 Å². The second-order valence-corrected chi connectivity index (χ2v) is 3.46. The second-order valence-electron chi connectivity index (χ2n) is 2.68. The number of hydrogen-bond donors (Lipinski definition) is 0. The van der Waals surface area contributed by atoms with Gasteiger partial charge in [-0.25, -0.2) is 0 Å². The van der Waals surface area contributed by atoms with E-state index in [1.165, 1.54) is 11.3 Å². The molecule has 0 fully saturated rings. The lowest BCUT2D eigenvalue weighted by atomic mass is 10.2. The first-order chi connectivity index (χ1) is 5.63. The van der Waals surface area contributed by atoms with E-state index in [4.69, 9.17) is 0 Å². The highest BCUT2D eigenvalue weighted by Gasteiger charge is 2.11. The van der Waals surface area contributed by atoms with Gasteiger partial charge in [-0.1, -0.05) is 6.58 Å². The van der Waals surface area contributed by atoms with Gasteiger partial charge in [-0.2, -0.15) is 11.3 Å². The quantitative estimate of drug-likeness (QED) is 0.525. The molecule has 64 valence electrons. The van der Waals surface area contributed by atoms with Gasteiger partial charge in [0.05, 0.1) is 5.70 Å². The number of Topliss-reactive ketones (excluding diaryl/α,β-unsaturated/α-hetero) is 1. The van der Waals surface area contributed by atoms with Crippen molar-refractivity contribution in [3.8, 4) is 0 Å². The Balaban J connectivity index is 2.80. The van der Waals surface area contributed by atoms with Gasteiger partial charge in [0.25, 0.3) is 0 Å². The van der Waals surface area contributed by atoms with Crippen molar-refractivity contribution >= 4 is 17.1 Å². The zero-order valence-electron chi connectivity index (χ0n) is 7.20. The molecule has 0 saturated heterocycles. The number of nitrogens with zero attached hydrogens (tertiary/aromatic N) is 1. The predicted molar refractivity (Wildman–Crippen MR) is 51.5 cm³/mol. The fourth-order valence-corrected chi connectivity index (χ4v) is 1.40. The van der Waals surface area contributed by atoms with Crippen LogP contribution >= 0.6 is 11.3 Å². The zero-order valence-corrected chi connectivity index (χ0v) is 8.02. The molecule has 0 unspecified atom stereocenters. The van der Waals surface area contributed by atoms with Crippen LogP contribution in [0.15, 0.2) is 29.1 Å². The molecule has 0 aliphatic heterocycles. The Kier molecular flexibility index (Phi) is 2.65. The largest absolute Gasteiger partial charge is 0.375 e. The molecule has 2 nitrogen and oxygen atoms in total. The van der Waals surface area contributed by atoms with Gasteiger partial charge >= 0.3 is 0 Å². The van der Waals surface area contributed by atoms with Crippen LogP contribution < -0.4 is 0 Å². The highest BCUT2D eigenvalue weighted by Crippen LogP contribution is 2.11. The van der Waals surface area contributed by atoms with E-state index in [1.807, 2.05) is 30.9 Å². The van der Waals surface area contributed by atoms with Crippen molar-refractivity contribution in [2.75, 3.05) is 14.1 Å². The van der Waals surface area contributed by atoms with Crippen molar-refractivity contribution in [1.29, 1.82) is 0 Å². The summed E-state index contributed by atoms with van der Waals surface area (Å²) >= 11 is 1.52. The molecule has 0 bridgehead atoms. The topological polar surface area (TPSA) is 20.3 Å². The normalized spacial score (nSPS) is 9.50. The number of ketones is 1. The summed E-state index contributed by atoms with van der Waals surface area (Å²) in [6, 6.07) is 1.81. The molecule has 0 aliphatic carbocycles. The first kappa shape index (κ1) is 9.00. The van der Waals surface area contributed by atoms with E-state index in [-0.39, 0.29) is 5.78 Å². The molecule has 1 heterocycles. The minimum atomic E-state index is 0.00116. The van der Waals surface area contributed by atoms with Crippen LogP contribution in [0.3, 0.4) is 0 Å². The molecule has 1 aromatic rings. The van der Waals surface area contributed by atoms with Gasteiger partial charge < -0.3 is 4.90 Å². The molecular weight excluding hydrogens is 170 g/mol. The van der Waals surface area contributed by atoms with Crippen molar-refractivity contribution in [3.05, 3.63) is 34.7 Å². The third-order valence-electron chi connectivity index (χ3n) is 1.59. The van der Waals surface area contributed by atoms with Crippen LogP contribution in [-0.4, -0.2) is 24.8 Å². The van der Waals surface area contributed by atoms with Crippen molar-refractivity contribution in [2.45, 2.75) is 0 Å². The van der Waals surface area contributed by atoms with Crippen molar-refractivity contribution < 1.29 is 4.79 Å². The molecule has 12 heavy (non-hydrogen) atoms. The molecule has 0 spiro atoms. The Labute approximate surface area is 76.1 Å². The predicted octanol–water partition coefficient (Wildman–Crippen LogP) is 2.01. The summed E-state index contributed by atoms with van der Waals surface area (Å²) in [5.74, 6) is 0.00116. The van der Waals surface area contributed by atoms with Crippen LogP contribution in [0, 0.1) is 0 Å². The van der Waals surface area contributed by atoms with E-state index in [0.29, 0.717) is 5.70 Å². The molecule has 0 atom stereocenters. The standard InChI is InChI=1S/C9H11NOS/c1-7(10(2)3)9(11)8-4-5-12-6-8/h4-6H,1H2,2-3H3. The van der Waals surface area contributed by atoms with Crippen molar-refractivity contribution in [3.63, 3.8) is 0 Å². The zero-order chi connectivity index (χ0) is 9.14. The fraction of sp³-hybridized carbons (Fsp3) is 0.222. The Hall–Kier alpha value is -1.09. The Morgan fingerprint density at radius 2 is 2.25 bits per heavy atom. The molecule has 1 aromatic heterocycles. The summed E-state index contributed by atoms with van der Waals surface area (Å²) in [6.45, 7) is 3.69. The Morgan fingerprint density at radius 3 is 2.67 bits per heavy atom. The van der Waals surface area contributed by atoms with Gasteiger partial charge in [-0.05, 0) is 11.4 Å². The number of hydrogen-bond acceptors (Lipinski definition) is 3. The summed E-state index contributed by atoms with van der Waals surface area (Å²) in [5.41, 5.74) is 1.24. The molecular formula is C9H11NOS. The summed E-state index contributed by atoms with van der Waals surface area (Å²) in [4.78, 5) is 13.2. The first-order valence-corrected chi connectivity index (χ1v) is 4.50. The number of carbonyl (C=O) groups is 1. The average molecular weight is 181 g/mol. The SMILES string of the molecule is C=C(C(=O)c1ccsc1)N(C)C. The molecule has 0 aromatic carbocycles. The number of likely N-dealkylation sites (N-methyl/N-ethyl adjacent to an activating group) is 1. The van der Waals surface area contributed by atoms with Crippen LogP contribution in [0.2, 0.25) is 0 Å². The van der Waals surface area contributed by atoms with Gasteiger partial charge in [0.15, 0.2) is 0 Å². The Bertz CT molecular complexity index is 287. The number of thiophene rings is 1. The minimum Gasteiger partial charge on any atom is -0.375 e. The van der Waals surface area contributed by atoms with Crippen LogP contribution in [0.1, 0.15) is 10.4 Å². The van der Waals surface area contributed by atoms with Gasteiger partial charge in [0.2, 0.25) is 5.78 Å². The molecule has 0 N–H and O–H groups in total. The third-order valence-corrected chi connectivity index (χ3v) is 2.27. The summed E-state index contributed by atoms with van der Waals surface area (Å²) in [5, 5.41) is 3.72. The van der Waals surface area contributed by atoms with Gasteiger partial charge in [-0.3, -0.25) is 4.79 Å². The lowest BCUT2D eigenvalue weighted by Crippen LogP contribution is -2.17. The van der Waals surface area contributed by atoms with E-state index in [2.05, 4.69) is 6.58 Å². The van der Waals surface area contributed by atoms with E-state index in [0.717, 1.165) is 5.56 Å². The maximum absolute atomic E-state index is 11.5. The summed E-state index contributed by atoms with van der Waals surface area (Å²) in [6.07, 6.45) is 0. The average Bonchev–Trinajstić information content (AvgIpc) is 2.53. The minimum absolute atomic E-state index is 0.00116. The molecule has 3 heteroatoms. The van der Waals surface area contributed by atoms with Gasteiger partial charge in [-0.15, -0.1) is 0 Å². The maximum atomic E-state index is 11.5. The lowest BCUT2D eigenvalue weighted by molar-refractivity contribution is 0.101. The van der Waals surface area contributed by atoms with E-state index >= 15 is 0 Å². The summed E-state index contributed by atoms with van der Waals surface area (Å²) < 4.78 is 0. The Morgan fingerprint density at radius 1 is 1.58 bits per heavy atom.